The van der Waals surface area contributed by atoms with Crippen LogP contribution in [0.2, 0.25) is 18.1 Å². The van der Waals surface area contributed by atoms with Gasteiger partial charge in [-0.15, -0.1) is 0 Å². The highest BCUT2D eigenvalue weighted by Crippen LogP contribution is 2.36. The number of nitrogens with one attached hydrogen (secondary N) is 1. The number of alkyl carbamates (subject to hydrolysis) is 1. The van der Waals surface area contributed by atoms with Gasteiger partial charge in [0.25, 0.3) is 5.91 Å². The summed E-state index contributed by atoms with van der Waals surface area (Å²) >= 11 is 0. The van der Waals surface area contributed by atoms with E-state index in [1.165, 1.54) is 11.8 Å². The summed E-state index contributed by atoms with van der Waals surface area (Å²) in [5, 5.41) is 2.81. The van der Waals surface area contributed by atoms with E-state index in [2.05, 4.69) is 39.2 Å². The molecular weight excluding hydrogens is 376 g/mol. The summed E-state index contributed by atoms with van der Waals surface area (Å²) in [5.41, 5.74) is -0.119. The Labute approximate surface area is 170 Å². The number of carbonyl (C=O) groups excluding carboxylic acids is 3. The molecule has 0 aromatic heterocycles. The third-order valence-electron chi connectivity index (χ3n) is 5.04. The molecule has 1 aliphatic rings. The second-order valence-electron chi connectivity index (χ2n) is 9.74. The van der Waals surface area contributed by atoms with Crippen LogP contribution in [0.4, 0.5) is 4.79 Å². The predicted octanol–water partition coefficient (Wildman–Crippen LogP) is 3.61. The fraction of sp³-hybridized carbons (Fsp3) is 0.750. The van der Waals surface area contributed by atoms with E-state index in [9.17, 15) is 14.4 Å². The first kappa shape index (κ1) is 24.4. The molecule has 0 spiro atoms. The average molecular weight is 413 g/mol. The summed E-state index contributed by atoms with van der Waals surface area (Å²) in [4.78, 5) is 37.5. The van der Waals surface area contributed by atoms with Crippen molar-refractivity contribution in [2.75, 3.05) is 13.2 Å². The average Bonchev–Trinajstić information content (AvgIpc) is 2.83. The Hall–Kier alpha value is -1.67. The van der Waals surface area contributed by atoms with Gasteiger partial charge in [0, 0.05) is 19.0 Å². The van der Waals surface area contributed by atoms with Crippen molar-refractivity contribution >= 4 is 26.2 Å². The maximum atomic E-state index is 12.4. The molecular formula is C20H36N2O5Si. The van der Waals surface area contributed by atoms with Crippen molar-refractivity contribution in [1.29, 1.82) is 0 Å². The number of rotatable bonds is 5. The molecule has 1 fully saturated rings. The Bertz CT molecular complexity index is 644. The number of amides is 3. The molecule has 28 heavy (non-hydrogen) atoms. The highest BCUT2D eigenvalue weighted by Gasteiger charge is 2.38. The van der Waals surface area contributed by atoms with Crippen molar-refractivity contribution in [1.82, 2.24) is 10.2 Å². The maximum Gasteiger partial charge on any atom is 0.408 e. The zero-order valence-electron chi connectivity index (χ0n) is 18.8. The molecule has 0 bridgehead atoms. The summed E-state index contributed by atoms with van der Waals surface area (Å²) in [6.07, 6.45) is 1.59. The molecule has 1 rings (SSSR count). The minimum Gasteiger partial charge on any atom is -0.444 e. The van der Waals surface area contributed by atoms with Gasteiger partial charge in [-0.05, 0) is 45.3 Å². The van der Waals surface area contributed by atoms with Crippen LogP contribution < -0.4 is 5.32 Å². The Morgan fingerprint density at radius 2 is 1.79 bits per heavy atom. The fourth-order valence-electron chi connectivity index (χ4n) is 2.42. The number of imide groups is 1. The largest absolute Gasteiger partial charge is 0.444 e. The number of hydrogen-bond acceptors (Lipinski definition) is 5. The van der Waals surface area contributed by atoms with E-state index >= 15 is 0 Å². The number of hydrogen-bond donors (Lipinski definition) is 1. The number of nitrogens with zero attached hydrogens (tertiary/aromatic N) is 1. The Kier molecular flexibility index (Phi) is 7.64. The first-order valence-corrected chi connectivity index (χ1v) is 12.6. The lowest BCUT2D eigenvalue weighted by Gasteiger charge is -2.37. The van der Waals surface area contributed by atoms with E-state index < -0.39 is 26.1 Å². The van der Waals surface area contributed by atoms with E-state index in [0.29, 0.717) is 18.5 Å². The predicted molar refractivity (Wildman–Crippen MR) is 111 cm³/mol. The fourth-order valence-corrected chi connectivity index (χ4v) is 3.45. The van der Waals surface area contributed by atoms with Crippen LogP contribution >= 0.6 is 0 Å². The normalized spacial score (nSPS) is 18.4. The standard InChI is InChI=1S/C20H36N2O5Si/c1-14(23)22-11-10-15(17(22)24)12-16(21-18(25)27-19(2,3)4)13-26-28(8,9)20(5,6)7/h12,16H,10-11,13H2,1-9H3,(H,21,25)/t16-/m0/s1. The molecule has 1 heterocycles. The van der Waals surface area contributed by atoms with Gasteiger partial charge in [-0.25, -0.2) is 4.79 Å². The molecule has 0 radical (unpaired) electrons. The third kappa shape index (κ3) is 7.05. The van der Waals surface area contributed by atoms with Crippen LogP contribution in [0, 0.1) is 0 Å². The molecule has 3 amide bonds. The summed E-state index contributed by atoms with van der Waals surface area (Å²) in [6.45, 7) is 18.0. The monoisotopic (exact) mass is 412 g/mol. The molecule has 0 aromatic carbocycles. The van der Waals surface area contributed by atoms with Crippen molar-refractivity contribution in [3.8, 4) is 0 Å². The summed E-state index contributed by atoms with van der Waals surface area (Å²) in [7, 11) is -2.04. The Morgan fingerprint density at radius 1 is 1.21 bits per heavy atom. The van der Waals surface area contributed by atoms with Crippen LogP contribution in [0.1, 0.15) is 54.9 Å². The Balaban J connectivity index is 2.98. The smallest absolute Gasteiger partial charge is 0.408 e. The lowest BCUT2D eigenvalue weighted by molar-refractivity contribution is -0.138. The van der Waals surface area contributed by atoms with E-state index in [4.69, 9.17) is 9.16 Å². The van der Waals surface area contributed by atoms with Crippen LogP contribution in [0.5, 0.6) is 0 Å². The number of ether oxygens (including phenoxy) is 1. The van der Waals surface area contributed by atoms with E-state index in [0.717, 1.165) is 0 Å². The van der Waals surface area contributed by atoms with Gasteiger partial charge in [-0.1, -0.05) is 26.8 Å². The van der Waals surface area contributed by atoms with Crippen molar-refractivity contribution < 1.29 is 23.5 Å². The van der Waals surface area contributed by atoms with Crippen molar-refractivity contribution in [3.63, 3.8) is 0 Å². The molecule has 0 saturated carbocycles. The lowest BCUT2D eigenvalue weighted by Crippen LogP contribution is -2.46. The zero-order chi connectivity index (χ0) is 21.9. The molecule has 0 unspecified atom stereocenters. The van der Waals surface area contributed by atoms with Gasteiger partial charge in [0.1, 0.15) is 5.60 Å². The van der Waals surface area contributed by atoms with Crippen LogP contribution in [-0.4, -0.2) is 55.9 Å². The van der Waals surface area contributed by atoms with Crippen molar-refractivity contribution in [2.24, 2.45) is 0 Å². The molecule has 0 aromatic rings. The zero-order valence-corrected chi connectivity index (χ0v) is 19.8. The lowest BCUT2D eigenvalue weighted by atomic mass is 10.1. The van der Waals surface area contributed by atoms with Gasteiger partial charge in [-0.2, -0.15) is 0 Å². The number of carbonyl (C=O) groups is 3. The minimum absolute atomic E-state index is 0.0191. The van der Waals surface area contributed by atoms with Gasteiger partial charge in [-0.3, -0.25) is 14.5 Å². The summed E-state index contributed by atoms with van der Waals surface area (Å²) in [6, 6.07) is -0.519. The number of likely N-dealkylation sites (tertiary alicyclic amines) is 1. The molecule has 160 valence electrons. The second-order valence-corrected chi connectivity index (χ2v) is 14.6. The van der Waals surface area contributed by atoms with Crippen molar-refractivity contribution in [3.05, 3.63) is 11.6 Å². The quantitative estimate of drug-likeness (QED) is 0.551. The van der Waals surface area contributed by atoms with Crippen LogP contribution in [0.3, 0.4) is 0 Å². The third-order valence-corrected chi connectivity index (χ3v) is 9.54. The van der Waals surface area contributed by atoms with Gasteiger partial charge >= 0.3 is 6.09 Å². The SMILES string of the molecule is CC(=O)N1CCC(=C[C@@H](CO[Si](C)(C)C(C)(C)C)NC(=O)OC(C)(C)C)C1=O. The van der Waals surface area contributed by atoms with Crippen molar-refractivity contribution in [2.45, 2.75) is 84.7 Å². The Morgan fingerprint density at radius 3 is 2.21 bits per heavy atom. The van der Waals surface area contributed by atoms with E-state index in [1.54, 1.807) is 26.8 Å². The summed E-state index contributed by atoms with van der Waals surface area (Å²) in [5.74, 6) is -0.585. The second kappa shape index (κ2) is 8.78. The first-order valence-electron chi connectivity index (χ1n) is 9.70. The highest BCUT2D eigenvalue weighted by molar-refractivity contribution is 6.74. The van der Waals surface area contributed by atoms with Crippen LogP contribution in [0.25, 0.3) is 0 Å². The van der Waals surface area contributed by atoms with Gasteiger partial charge in [0.05, 0.1) is 12.6 Å². The molecule has 7 nitrogen and oxygen atoms in total. The van der Waals surface area contributed by atoms with Gasteiger partial charge < -0.3 is 14.5 Å². The summed E-state index contributed by atoms with van der Waals surface area (Å²) < 4.78 is 11.6. The van der Waals surface area contributed by atoms with Gasteiger partial charge in [0.15, 0.2) is 8.32 Å². The highest BCUT2D eigenvalue weighted by atomic mass is 28.4. The molecule has 1 saturated heterocycles. The molecule has 1 aliphatic heterocycles. The van der Waals surface area contributed by atoms with E-state index in [-0.39, 0.29) is 23.5 Å². The molecule has 1 atom stereocenters. The van der Waals surface area contributed by atoms with Gasteiger partial charge in [0.2, 0.25) is 5.91 Å². The van der Waals surface area contributed by atoms with Crippen LogP contribution in [0.15, 0.2) is 11.6 Å². The molecule has 1 N–H and O–H groups in total. The molecule has 8 heteroatoms. The topological polar surface area (TPSA) is 84.9 Å². The first-order chi connectivity index (χ1) is 12.5. The minimum atomic E-state index is -2.04. The molecule has 0 aliphatic carbocycles. The maximum absolute atomic E-state index is 12.4. The van der Waals surface area contributed by atoms with E-state index in [1.807, 2.05) is 0 Å². The van der Waals surface area contributed by atoms with Crippen LogP contribution in [-0.2, 0) is 18.8 Å².